The van der Waals surface area contributed by atoms with Crippen LogP contribution in [0, 0.1) is 11.3 Å². The third-order valence-corrected chi connectivity index (χ3v) is 6.49. The lowest BCUT2D eigenvalue weighted by molar-refractivity contribution is -0.126. The van der Waals surface area contributed by atoms with Crippen LogP contribution in [-0.4, -0.2) is 40.9 Å². The topological polar surface area (TPSA) is 62.6 Å². The molecule has 2 saturated heterocycles. The maximum Gasteiger partial charge on any atom is 0.263 e. The minimum Gasteiger partial charge on any atom is -0.337 e. The summed E-state index contributed by atoms with van der Waals surface area (Å²) in [5.41, 5.74) is 0.256. The molecule has 2 atom stereocenters. The van der Waals surface area contributed by atoms with Crippen LogP contribution in [-0.2, 0) is 11.8 Å². The maximum atomic E-state index is 13.2. The van der Waals surface area contributed by atoms with Gasteiger partial charge in [0.25, 0.3) is 11.5 Å². The zero-order valence-electron chi connectivity index (χ0n) is 14.8. The van der Waals surface area contributed by atoms with E-state index in [2.05, 4.69) is 0 Å². The smallest absolute Gasteiger partial charge is 0.263 e. The minimum atomic E-state index is -0.544. The highest BCUT2D eigenvalue weighted by Crippen LogP contribution is 2.46. The number of nitrogens with zero attached hydrogens (tertiary/aromatic N) is 3. The summed E-state index contributed by atoms with van der Waals surface area (Å²) >= 11 is 1.57. The molecule has 0 saturated carbocycles. The summed E-state index contributed by atoms with van der Waals surface area (Å²) in [5.74, 6) is -0.119. The van der Waals surface area contributed by atoms with Crippen molar-refractivity contribution in [3.8, 4) is 0 Å². The van der Waals surface area contributed by atoms with Gasteiger partial charge in [0.15, 0.2) is 0 Å². The summed E-state index contributed by atoms with van der Waals surface area (Å²) in [6.07, 6.45) is 2.37. The van der Waals surface area contributed by atoms with E-state index in [1.54, 1.807) is 41.6 Å². The Bertz CT molecular complexity index is 920. The number of likely N-dealkylation sites (tertiary alicyclic amines) is 1. The Labute approximate surface area is 155 Å². The largest absolute Gasteiger partial charge is 0.337 e. The molecule has 136 valence electrons. The molecule has 7 heteroatoms. The van der Waals surface area contributed by atoms with Gasteiger partial charge in [-0.25, -0.2) is 0 Å². The molecule has 0 unspecified atom stereocenters. The molecule has 2 aliphatic rings. The number of thiophene rings is 1. The van der Waals surface area contributed by atoms with Crippen molar-refractivity contribution in [2.75, 3.05) is 24.5 Å². The summed E-state index contributed by atoms with van der Waals surface area (Å²) in [5, 5.41) is 3.94. The average molecular weight is 371 g/mol. The van der Waals surface area contributed by atoms with E-state index in [-0.39, 0.29) is 28.9 Å². The van der Waals surface area contributed by atoms with Crippen LogP contribution in [0.4, 0.5) is 5.69 Å². The van der Waals surface area contributed by atoms with Crippen LogP contribution in [0.1, 0.15) is 23.7 Å². The lowest BCUT2D eigenvalue weighted by Crippen LogP contribution is -2.41. The molecule has 0 N–H and O–H groups in total. The number of pyridine rings is 1. The Balaban J connectivity index is 1.60. The summed E-state index contributed by atoms with van der Waals surface area (Å²) in [7, 11) is 1.63. The van der Waals surface area contributed by atoms with E-state index in [1.165, 1.54) is 4.57 Å². The van der Waals surface area contributed by atoms with Gasteiger partial charge in [-0.05, 0) is 35.9 Å². The third-order valence-electron chi connectivity index (χ3n) is 5.82. The Morgan fingerprint density at radius 1 is 1.31 bits per heavy atom. The van der Waals surface area contributed by atoms with Gasteiger partial charge in [0.1, 0.15) is 5.56 Å². The first-order chi connectivity index (χ1) is 12.4. The Kier molecular flexibility index (Phi) is 3.99. The van der Waals surface area contributed by atoms with Crippen LogP contribution in [0.3, 0.4) is 0 Å². The molecule has 0 aromatic carbocycles. The second-order valence-corrected chi connectivity index (χ2v) is 8.05. The van der Waals surface area contributed by atoms with E-state index in [9.17, 15) is 14.4 Å². The SMILES string of the molecule is C[C@@H]1CN(C(=O)c2cccn(C)c2=O)C[C@]12CCN(c1ccsc1)C2=O. The molecular weight excluding hydrogens is 350 g/mol. The fourth-order valence-electron chi connectivity index (χ4n) is 4.20. The number of aryl methyl sites for hydroxylation is 1. The highest BCUT2D eigenvalue weighted by Gasteiger charge is 2.56. The second kappa shape index (κ2) is 6.09. The van der Waals surface area contributed by atoms with Gasteiger partial charge < -0.3 is 14.4 Å². The van der Waals surface area contributed by atoms with Gasteiger partial charge >= 0.3 is 0 Å². The number of amides is 2. The van der Waals surface area contributed by atoms with Crippen molar-refractivity contribution in [3.05, 3.63) is 51.1 Å². The number of aromatic nitrogens is 1. The fourth-order valence-corrected chi connectivity index (χ4v) is 4.84. The third kappa shape index (κ3) is 2.41. The summed E-state index contributed by atoms with van der Waals surface area (Å²) in [6.45, 7) is 3.59. The molecule has 26 heavy (non-hydrogen) atoms. The van der Waals surface area contributed by atoms with Gasteiger partial charge in [0.05, 0.1) is 11.1 Å². The van der Waals surface area contributed by atoms with Gasteiger partial charge in [-0.1, -0.05) is 6.92 Å². The first kappa shape index (κ1) is 17.0. The molecule has 4 heterocycles. The molecule has 0 aliphatic carbocycles. The second-order valence-electron chi connectivity index (χ2n) is 7.27. The summed E-state index contributed by atoms with van der Waals surface area (Å²) < 4.78 is 1.40. The van der Waals surface area contributed by atoms with Crippen molar-refractivity contribution in [3.63, 3.8) is 0 Å². The normalized spacial score (nSPS) is 25.5. The standard InChI is InChI=1S/C19H21N3O3S/c1-13-10-21(17(24)15-4-3-7-20(2)16(15)23)12-19(13)6-8-22(18(19)25)14-5-9-26-11-14/h3-5,7,9,11,13H,6,8,10,12H2,1-2H3/t13-,19-/m1/s1. The molecule has 2 aromatic heterocycles. The number of carbonyl (C=O) groups excluding carboxylic acids is 2. The van der Waals surface area contributed by atoms with Gasteiger partial charge in [0, 0.05) is 38.3 Å². The van der Waals surface area contributed by atoms with Gasteiger partial charge in [-0.3, -0.25) is 14.4 Å². The monoisotopic (exact) mass is 371 g/mol. The van der Waals surface area contributed by atoms with E-state index in [0.717, 1.165) is 12.1 Å². The van der Waals surface area contributed by atoms with Crippen molar-refractivity contribution < 1.29 is 9.59 Å². The van der Waals surface area contributed by atoms with Crippen LogP contribution in [0.15, 0.2) is 40.0 Å². The number of carbonyl (C=O) groups is 2. The first-order valence-electron chi connectivity index (χ1n) is 8.73. The van der Waals surface area contributed by atoms with Crippen LogP contribution in [0.25, 0.3) is 0 Å². The molecule has 0 radical (unpaired) electrons. The lowest BCUT2D eigenvalue weighted by atomic mass is 9.78. The maximum absolute atomic E-state index is 13.2. The van der Waals surface area contributed by atoms with Gasteiger partial charge in [-0.2, -0.15) is 11.3 Å². The molecule has 2 amide bonds. The Hall–Kier alpha value is -2.41. The number of hydrogen-bond donors (Lipinski definition) is 0. The molecule has 4 rings (SSSR count). The molecular formula is C19H21N3O3S. The van der Waals surface area contributed by atoms with Crippen LogP contribution in [0.5, 0.6) is 0 Å². The minimum absolute atomic E-state index is 0.0650. The van der Waals surface area contributed by atoms with Crippen LogP contribution >= 0.6 is 11.3 Å². The van der Waals surface area contributed by atoms with Crippen molar-refractivity contribution in [1.29, 1.82) is 0 Å². The number of rotatable bonds is 2. The molecule has 2 aliphatic heterocycles. The molecule has 0 bridgehead atoms. The highest BCUT2D eigenvalue weighted by molar-refractivity contribution is 7.08. The molecule has 2 aromatic rings. The average Bonchev–Trinajstić information content (AvgIpc) is 3.32. The fraction of sp³-hybridized carbons (Fsp3) is 0.421. The van der Waals surface area contributed by atoms with E-state index in [1.807, 2.05) is 28.7 Å². The van der Waals surface area contributed by atoms with Crippen molar-refractivity contribution in [1.82, 2.24) is 9.47 Å². The summed E-state index contributed by atoms with van der Waals surface area (Å²) in [4.78, 5) is 41.9. The van der Waals surface area contributed by atoms with Gasteiger partial charge in [0.2, 0.25) is 5.91 Å². The predicted molar refractivity (Wildman–Crippen MR) is 100 cm³/mol. The van der Waals surface area contributed by atoms with Crippen LogP contribution < -0.4 is 10.5 Å². The Morgan fingerprint density at radius 2 is 2.12 bits per heavy atom. The highest BCUT2D eigenvalue weighted by atomic mass is 32.1. The van der Waals surface area contributed by atoms with E-state index >= 15 is 0 Å². The predicted octanol–water partition coefficient (Wildman–Crippen LogP) is 1.96. The summed E-state index contributed by atoms with van der Waals surface area (Å²) in [6, 6.07) is 5.22. The number of hydrogen-bond acceptors (Lipinski definition) is 4. The van der Waals surface area contributed by atoms with E-state index in [4.69, 9.17) is 0 Å². The quantitative estimate of drug-likeness (QED) is 0.811. The first-order valence-corrected chi connectivity index (χ1v) is 9.67. The van der Waals surface area contributed by atoms with E-state index in [0.29, 0.717) is 19.6 Å². The van der Waals surface area contributed by atoms with Crippen molar-refractivity contribution in [2.24, 2.45) is 18.4 Å². The van der Waals surface area contributed by atoms with Crippen LogP contribution in [0.2, 0.25) is 0 Å². The van der Waals surface area contributed by atoms with E-state index < -0.39 is 5.41 Å². The van der Waals surface area contributed by atoms with Gasteiger partial charge in [-0.15, -0.1) is 0 Å². The van der Waals surface area contributed by atoms with Crippen molar-refractivity contribution in [2.45, 2.75) is 13.3 Å². The Morgan fingerprint density at radius 3 is 2.85 bits per heavy atom. The molecule has 6 nitrogen and oxygen atoms in total. The van der Waals surface area contributed by atoms with Crippen molar-refractivity contribution >= 4 is 28.8 Å². The molecule has 2 fully saturated rings. The molecule has 1 spiro atoms. The lowest BCUT2D eigenvalue weighted by Gasteiger charge is -2.26. The zero-order valence-corrected chi connectivity index (χ0v) is 15.7. The zero-order chi connectivity index (χ0) is 18.5. The number of anilines is 1.